The fraction of sp³-hybridized carbons (Fsp3) is 0.667. The molecule has 1 spiro atoms. The second-order valence-corrected chi connectivity index (χ2v) is 9.79. The summed E-state index contributed by atoms with van der Waals surface area (Å²) in [6, 6.07) is 4.93. The van der Waals surface area contributed by atoms with Gasteiger partial charge in [-0.15, -0.1) is 0 Å². The molecule has 5 rings (SSSR count). The number of ether oxygens (including phenoxy) is 3. The number of piperidine rings is 1. The minimum absolute atomic E-state index is 0.0204. The Morgan fingerprint density at radius 1 is 1.31 bits per heavy atom. The second-order valence-electron chi connectivity index (χ2n) is 9.79. The van der Waals surface area contributed by atoms with Crippen LogP contribution in [-0.2, 0) is 16.6 Å². The third kappa shape index (κ3) is 2.85. The SMILES string of the molecule is COc1ccc2c3c1OC1C(OCC(CN)CC(C)C)C=CC4C(C2)[NH2+]CCC341. The highest BCUT2D eigenvalue weighted by molar-refractivity contribution is 5.61. The molecule has 0 amide bonds. The first-order chi connectivity index (χ1) is 14.1. The molecule has 2 aliphatic carbocycles. The van der Waals surface area contributed by atoms with Gasteiger partial charge in [-0.3, -0.25) is 0 Å². The second kappa shape index (κ2) is 7.29. The maximum atomic E-state index is 6.71. The predicted molar refractivity (Wildman–Crippen MR) is 112 cm³/mol. The highest BCUT2D eigenvalue weighted by Gasteiger charge is 2.65. The van der Waals surface area contributed by atoms with Crippen molar-refractivity contribution in [1.29, 1.82) is 0 Å². The molecule has 4 N–H and O–H groups in total. The maximum Gasteiger partial charge on any atom is 0.165 e. The quantitative estimate of drug-likeness (QED) is 0.686. The molecule has 0 saturated carbocycles. The van der Waals surface area contributed by atoms with Crippen molar-refractivity contribution >= 4 is 0 Å². The summed E-state index contributed by atoms with van der Waals surface area (Å²) in [7, 11) is 1.74. The molecule has 5 heteroatoms. The van der Waals surface area contributed by atoms with Crippen LogP contribution >= 0.6 is 0 Å². The molecule has 6 atom stereocenters. The Bertz CT molecular complexity index is 808. The molecule has 2 heterocycles. The van der Waals surface area contributed by atoms with Crippen LogP contribution in [0, 0.1) is 17.8 Å². The Morgan fingerprint density at radius 2 is 2.17 bits per heavy atom. The Kier molecular flexibility index (Phi) is 4.88. The molecule has 1 aromatic carbocycles. The molecule has 5 nitrogen and oxygen atoms in total. The smallest absolute Gasteiger partial charge is 0.165 e. The van der Waals surface area contributed by atoms with Gasteiger partial charge in [0.1, 0.15) is 12.2 Å². The third-order valence-corrected chi connectivity index (χ3v) is 7.65. The van der Waals surface area contributed by atoms with Gasteiger partial charge in [0, 0.05) is 24.3 Å². The van der Waals surface area contributed by atoms with Gasteiger partial charge in [0.05, 0.1) is 31.7 Å². The normalized spacial score (nSPS) is 34.7. The molecule has 1 fully saturated rings. The third-order valence-electron chi connectivity index (χ3n) is 7.65. The van der Waals surface area contributed by atoms with Crippen LogP contribution in [0.15, 0.2) is 24.3 Å². The molecule has 158 valence electrons. The van der Waals surface area contributed by atoms with Crippen molar-refractivity contribution in [2.24, 2.45) is 23.5 Å². The summed E-state index contributed by atoms with van der Waals surface area (Å²) >= 11 is 0. The fourth-order valence-corrected chi connectivity index (χ4v) is 6.55. The van der Waals surface area contributed by atoms with Crippen molar-refractivity contribution in [3.05, 3.63) is 35.4 Å². The van der Waals surface area contributed by atoms with Gasteiger partial charge in [-0.1, -0.05) is 32.1 Å². The fourth-order valence-electron chi connectivity index (χ4n) is 6.55. The van der Waals surface area contributed by atoms with E-state index in [2.05, 4.69) is 43.4 Å². The lowest BCUT2D eigenvalue weighted by atomic mass is 9.53. The van der Waals surface area contributed by atoms with E-state index in [0.29, 0.717) is 36.9 Å². The molecule has 2 aliphatic heterocycles. The van der Waals surface area contributed by atoms with Crippen LogP contribution < -0.4 is 20.5 Å². The van der Waals surface area contributed by atoms with Crippen molar-refractivity contribution in [3.63, 3.8) is 0 Å². The van der Waals surface area contributed by atoms with Gasteiger partial charge in [0.15, 0.2) is 11.5 Å². The van der Waals surface area contributed by atoms with Crippen molar-refractivity contribution < 1.29 is 19.5 Å². The number of nitrogens with two attached hydrogens (primary N) is 2. The number of hydrogen-bond donors (Lipinski definition) is 2. The van der Waals surface area contributed by atoms with Crippen LogP contribution in [0.5, 0.6) is 11.5 Å². The number of hydrogen-bond acceptors (Lipinski definition) is 4. The zero-order valence-electron chi connectivity index (χ0n) is 17.9. The Morgan fingerprint density at radius 3 is 2.93 bits per heavy atom. The van der Waals surface area contributed by atoms with E-state index in [-0.39, 0.29) is 17.6 Å². The van der Waals surface area contributed by atoms with E-state index in [0.717, 1.165) is 37.3 Å². The molecule has 6 unspecified atom stereocenters. The molecule has 0 aromatic heterocycles. The largest absolute Gasteiger partial charge is 0.493 e. The van der Waals surface area contributed by atoms with Crippen LogP contribution in [0.1, 0.15) is 37.8 Å². The minimum atomic E-state index is -0.0331. The summed E-state index contributed by atoms with van der Waals surface area (Å²) in [5, 5.41) is 2.54. The summed E-state index contributed by atoms with van der Waals surface area (Å²) in [6.07, 6.45) is 8.03. The van der Waals surface area contributed by atoms with Gasteiger partial charge >= 0.3 is 0 Å². The van der Waals surface area contributed by atoms with E-state index >= 15 is 0 Å². The molecule has 1 aromatic rings. The van der Waals surface area contributed by atoms with E-state index in [1.165, 1.54) is 11.1 Å². The minimum Gasteiger partial charge on any atom is -0.493 e. The number of methoxy groups -OCH3 is 1. The van der Waals surface area contributed by atoms with Crippen molar-refractivity contribution in [3.8, 4) is 11.5 Å². The zero-order chi connectivity index (χ0) is 20.2. The summed E-state index contributed by atoms with van der Waals surface area (Å²) in [6.45, 7) is 7.01. The van der Waals surface area contributed by atoms with Gasteiger partial charge < -0.3 is 25.3 Å². The highest BCUT2D eigenvalue weighted by atomic mass is 16.6. The van der Waals surface area contributed by atoms with Crippen molar-refractivity contribution in [2.45, 2.75) is 56.8 Å². The van der Waals surface area contributed by atoms with E-state index in [1.54, 1.807) is 7.11 Å². The van der Waals surface area contributed by atoms with Crippen LogP contribution in [0.2, 0.25) is 0 Å². The van der Waals surface area contributed by atoms with Crippen molar-refractivity contribution in [2.75, 3.05) is 26.8 Å². The Hall–Kier alpha value is -1.56. The number of rotatable bonds is 7. The monoisotopic (exact) mass is 399 g/mol. The molecule has 0 radical (unpaired) electrons. The number of quaternary nitrogens is 1. The Labute approximate surface area is 174 Å². The average molecular weight is 400 g/mol. The van der Waals surface area contributed by atoms with Crippen molar-refractivity contribution in [1.82, 2.24) is 0 Å². The van der Waals surface area contributed by atoms with E-state index in [9.17, 15) is 0 Å². The van der Waals surface area contributed by atoms with Gasteiger partial charge in [0.25, 0.3) is 0 Å². The lowest BCUT2D eigenvalue weighted by Crippen LogP contribution is -2.97. The average Bonchev–Trinajstić information content (AvgIpc) is 3.05. The molecular weight excluding hydrogens is 364 g/mol. The summed E-state index contributed by atoms with van der Waals surface area (Å²) in [5.74, 6) is 3.35. The molecule has 29 heavy (non-hydrogen) atoms. The first-order valence-electron chi connectivity index (χ1n) is 11.3. The topological polar surface area (TPSA) is 70.3 Å². The molecular formula is C24H35N2O3+. The van der Waals surface area contributed by atoms with Gasteiger partial charge in [-0.05, 0) is 36.4 Å². The zero-order valence-corrected chi connectivity index (χ0v) is 17.9. The van der Waals surface area contributed by atoms with E-state index < -0.39 is 0 Å². The number of benzene rings is 1. The first-order valence-corrected chi connectivity index (χ1v) is 11.3. The molecule has 2 bridgehead atoms. The lowest BCUT2D eigenvalue weighted by molar-refractivity contribution is -0.708. The van der Waals surface area contributed by atoms with E-state index in [4.69, 9.17) is 19.9 Å². The Balaban J connectivity index is 1.49. The lowest BCUT2D eigenvalue weighted by Gasteiger charge is -2.52. The van der Waals surface area contributed by atoms with Gasteiger partial charge in [-0.2, -0.15) is 0 Å². The van der Waals surface area contributed by atoms with Crippen LogP contribution in [0.3, 0.4) is 0 Å². The highest BCUT2D eigenvalue weighted by Crippen LogP contribution is 2.60. The van der Waals surface area contributed by atoms with Crippen LogP contribution in [0.25, 0.3) is 0 Å². The van der Waals surface area contributed by atoms with Crippen LogP contribution in [0.4, 0.5) is 0 Å². The van der Waals surface area contributed by atoms with Gasteiger partial charge in [-0.25, -0.2) is 0 Å². The molecule has 1 saturated heterocycles. The van der Waals surface area contributed by atoms with Crippen LogP contribution in [-0.4, -0.2) is 45.1 Å². The van der Waals surface area contributed by atoms with Gasteiger partial charge in [0.2, 0.25) is 0 Å². The predicted octanol–water partition coefficient (Wildman–Crippen LogP) is 1.78. The maximum absolute atomic E-state index is 6.71. The standard InChI is InChI=1S/C24H34N2O3/c1-14(2)10-15(12-25)13-28-20-7-5-17-18-11-16-4-6-19(27-3)22-21(16)24(17,8-9-26-18)23(20)29-22/h4-7,14-15,17-18,20,23,26H,8-13,25H2,1-3H3/p+1. The van der Waals surface area contributed by atoms with E-state index in [1.807, 2.05) is 0 Å². The summed E-state index contributed by atoms with van der Waals surface area (Å²) < 4.78 is 18.9. The first kappa shape index (κ1) is 19.4. The summed E-state index contributed by atoms with van der Waals surface area (Å²) in [5.41, 5.74) is 8.90. The molecule has 4 aliphatic rings. The summed E-state index contributed by atoms with van der Waals surface area (Å²) in [4.78, 5) is 0.